The summed E-state index contributed by atoms with van der Waals surface area (Å²) in [6.07, 6.45) is 11.3. The fourth-order valence-electron chi connectivity index (χ4n) is 4.00. The Morgan fingerprint density at radius 2 is 1.36 bits per heavy atom. The van der Waals surface area contributed by atoms with E-state index < -0.39 is 0 Å². The molecule has 3 rings (SSSR count). The van der Waals surface area contributed by atoms with E-state index in [1.807, 2.05) is 0 Å². The minimum absolute atomic E-state index is 1.14. The Bertz CT molecular complexity index is 865. The molecule has 3 aromatic rings. The molecule has 0 aliphatic carbocycles. The van der Waals surface area contributed by atoms with E-state index in [2.05, 4.69) is 79.8 Å². The lowest BCUT2D eigenvalue weighted by Gasteiger charge is -2.17. The lowest BCUT2D eigenvalue weighted by Crippen LogP contribution is -2.01. The number of unbranched alkanes of at least 4 members (excludes halogenated alkanes) is 5. The van der Waals surface area contributed by atoms with Crippen LogP contribution >= 0.6 is 0 Å². The molecule has 0 aromatic heterocycles. The van der Waals surface area contributed by atoms with Gasteiger partial charge in [-0.25, -0.2) is 0 Å². The molecule has 0 spiro atoms. The van der Waals surface area contributed by atoms with Gasteiger partial charge in [0.2, 0.25) is 0 Å². The van der Waals surface area contributed by atoms with Crippen molar-refractivity contribution in [2.24, 2.45) is 0 Å². The number of anilines is 2. The number of para-hydroxylation sites is 1. The fourth-order valence-corrected chi connectivity index (χ4v) is 4.00. The van der Waals surface area contributed by atoms with Gasteiger partial charge in [-0.05, 0) is 59.7 Å². The number of fused-ring (bicyclic) bond motifs is 1. The normalized spacial score (nSPS) is 11.1. The molecule has 0 bridgehead atoms. The number of benzene rings is 3. The molecule has 1 nitrogen and oxygen atoms in total. The van der Waals surface area contributed by atoms with Gasteiger partial charge in [-0.3, -0.25) is 0 Å². The number of rotatable bonds is 11. The van der Waals surface area contributed by atoms with Crippen molar-refractivity contribution in [3.05, 3.63) is 71.8 Å². The molecule has 0 atom stereocenters. The quantitative estimate of drug-likeness (QED) is 0.332. The lowest BCUT2D eigenvalue weighted by molar-refractivity contribution is 0.633. The molecule has 0 saturated carbocycles. The van der Waals surface area contributed by atoms with E-state index in [-0.39, 0.29) is 0 Å². The summed E-state index contributed by atoms with van der Waals surface area (Å²) in [7, 11) is 0. The molecule has 1 heteroatoms. The molecule has 0 heterocycles. The monoisotopic (exact) mass is 373 g/mol. The van der Waals surface area contributed by atoms with Crippen LogP contribution in [0.1, 0.15) is 69.9 Å². The first-order valence-corrected chi connectivity index (χ1v) is 11.2. The maximum Gasteiger partial charge on any atom is 0.0423 e. The third kappa shape index (κ3) is 5.38. The number of hydrogen-bond acceptors (Lipinski definition) is 1. The number of nitrogens with one attached hydrogen (secondary N) is 1. The van der Waals surface area contributed by atoms with Crippen molar-refractivity contribution >= 4 is 22.1 Å². The van der Waals surface area contributed by atoms with Crippen LogP contribution in [0.2, 0.25) is 0 Å². The largest absolute Gasteiger partial charge is 0.355 e. The molecule has 3 aromatic carbocycles. The number of aryl methyl sites for hydroxylation is 2. The summed E-state index contributed by atoms with van der Waals surface area (Å²) in [6.45, 7) is 4.54. The molecule has 148 valence electrons. The van der Waals surface area contributed by atoms with Crippen LogP contribution in [-0.2, 0) is 12.8 Å². The zero-order chi connectivity index (χ0) is 19.6. The average molecular weight is 374 g/mol. The minimum atomic E-state index is 1.14. The van der Waals surface area contributed by atoms with Crippen LogP contribution in [0.4, 0.5) is 11.4 Å². The Balaban J connectivity index is 1.87. The van der Waals surface area contributed by atoms with Crippen LogP contribution in [0, 0.1) is 0 Å². The second-order valence-corrected chi connectivity index (χ2v) is 7.86. The maximum atomic E-state index is 3.79. The standard InChI is InChI=1S/C27H35N/c1-3-5-7-8-9-18-25-24-17-12-10-15-22(24)20-21-27(25)28-26-19-13-11-16-23(26)14-6-4-2/h10-13,15-17,19-21,28H,3-9,14,18H2,1-2H3. The Hall–Kier alpha value is -2.28. The van der Waals surface area contributed by atoms with Gasteiger partial charge in [0.25, 0.3) is 0 Å². The molecule has 28 heavy (non-hydrogen) atoms. The Labute approximate surface area is 171 Å². The van der Waals surface area contributed by atoms with Gasteiger partial charge in [-0.2, -0.15) is 0 Å². The number of hydrogen-bond donors (Lipinski definition) is 1. The van der Waals surface area contributed by atoms with E-state index in [0.29, 0.717) is 0 Å². The molecule has 0 radical (unpaired) electrons. The zero-order valence-corrected chi connectivity index (χ0v) is 17.6. The van der Waals surface area contributed by atoms with Gasteiger partial charge in [0.1, 0.15) is 0 Å². The van der Waals surface area contributed by atoms with Gasteiger partial charge in [-0.15, -0.1) is 0 Å². The van der Waals surface area contributed by atoms with Crippen LogP contribution in [-0.4, -0.2) is 0 Å². The van der Waals surface area contributed by atoms with Crippen molar-refractivity contribution in [2.45, 2.75) is 71.6 Å². The third-order valence-corrected chi connectivity index (χ3v) is 5.66. The minimum Gasteiger partial charge on any atom is -0.355 e. The topological polar surface area (TPSA) is 12.0 Å². The van der Waals surface area contributed by atoms with Gasteiger partial charge >= 0.3 is 0 Å². The van der Waals surface area contributed by atoms with Crippen molar-refractivity contribution in [3.63, 3.8) is 0 Å². The highest BCUT2D eigenvalue weighted by atomic mass is 14.9. The van der Waals surface area contributed by atoms with E-state index in [9.17, 15) is 0 Å². The summed E-state index contributed by atoms with van der Waals surface area (Å²) in [5, 5.41) is 6.53. The Morgan fingerprint density at radius 1 is 0.607 bits per heavy atom. The summed E-state index contributed by atoms with van der Waals surface area (Å²) in [6, 6.07) is 22.2. The van der Waals surface area contributed by atoms with E-state index in [1.54, 1.807) is 0 Å². The van der Waals surface area contributed by atoms with Crippen molar-refractivity contribution in [2.75, 3.05) is 5.32 Å². The second kappa shape index (κ2) is 10.9. The summed E-state index contributed by atoms with van der Waals surface area (Å²) in [5.74, 6) is 0. The van der Waals surface area contributed by atoms with Crippen LogP contribution in [0.5, 0.6) is 0 Å². The van der Waals surface area contributed by atoms with E-state index in [4.69, 9.17) is 0 Å². The van der Waals surface area contributed by atoms with Crippen molar-refractivity contribution in [3.8, 4) is 0 Å². The Kier molecular flexibility index (Phi) is 7.96. The third-order valence-electron chi connectivity index (χ3n) is 5.66. The Morgan fingerprint density at radius 3 is 2.21 bits per heavy atom. The van der Waals surface area contributed by atoms with E-state index in [0.717, 1.165) is 12.8 Å². The first-order valence-electron chi connectivity index (χ1n) is 11.2. The van der Waals surface area contributed by atoms with Gasteiger partial charge < -0.3 is 5.32 Å². The van der Waals surface area contributed by atoms with Crippen LogP contribution < -0.4 is 5.32 Å². The van der Waals surface area contributed by atoms with Crippen LogP contribution in [0.25, 0.3) is 10.8 Å². The van der Waals surface area contributed by atoms with Crippen LogP contribution in [0.15, 0.2) is 60.7 Å². The molecular formula is C27H35N. The summed E-state index contributed by atoms with van der Waals surface area (Å²) < 4.78 is 0. The van der Waals surface area contributed by atoms with Crippen molar-refractivity contribution in [1.82, 2.24) is 0 Å². The van der Waals surface area contributed by atoms with Crippen molar-refractivity contribution < 1.29 is 0 Å². The molecule has 0 aliphatic rings. The second-order valence-electron chi connectivity index (χ2n) is 7.86. The molecule has 0 unspecified atom stereocenters. The fraction of sp³-hybridized carbons (Fsp3) is 0.407. The van der Waals surface area contributed by atoms with Crippen LogP contribution in [0.3, 0.4) is 0 Å². The first-order chi connectivity index (χ1) is 13.8. The van der Waals surface area contributed by atoms with Gasteiger partial charge in [0.05, 0.1) is 0 Å². The smallest absolute Gasteiger partial charge is 0.0423 e. The summed E-state index contributed by atoms with van der Waals surface area (Å²) in [4.78, 5) is 0. The predicted octanol–water partition coefficient (Wildman–Crippen LogP) is 8.44. The summed E-state index contributed by atoms with van der Waals surface area (Å²) in [5.41, 5.74) is 5.43. The zero-order valence-electron chi connectivity index (χ0n) is 17.6. The van der Waals surface area contributed by atoms with Crippen molar-refractivity contribution in [1.29, 1.82) is 0 Å². The van der Waals surface area contributed by atoms with Gasteiger partial charge in [0, 0.05) is 11.4 Å². The van der Waals surface area contributed by atoms with E-state index in [1.165, 1.54) is 78.2 Å². The summed E-state index contributed by atoms with van der Waals surface area (Å²) >= 11 is 0. The SMILES string of the molecule is CCCCCCCc1c(Nc2ccccc2CCCC)ccc2ccccc12. The lowest BCUT2D eigenvalue weighted by atomic mass is 9.96. The molecular weight excluding hydrogens is 338 g/mol. The molecule has 0 saturated heterocycles. The predicted molar refractivity (Wildman–Crippen MR) is 125 cm³/mol. The maximum absolute atomic E-state index is 3.79. The van der Waals surface area contributed by atoms with E-state index >= 15 is 0 Å². The highest BCUT2D eigenvalue weighted by Crippen LogP contribution is 2.31. The highest BCUT2D eigenvalue weighted by molar-refractivity contribution is 5.91. The molecule has 0 aliphatic heterocycles. The average Bonchev–Trinajstić information content (AvgIpc) is 2.74. The first kappa shape index (κ1) is 20.5. The highest BCUT2D eigenvalue weighted by Gasteiger charge is 2.10. The molecule has 1 N–H and O–H groups in total. The van der Waals surface area contributed by atoms with Gasteiger partial charge in [0.15, 0.2) is 0 Å². The molecule has 0 amide bonds. The molecule has 0 fully saturated rings. The van der Waals surface area contributed by atoms with Gasteiger partial charge in [-0.1, -0.05) is 94.5 Å².